The fraction of sp³-hybridized carbons (Fsp3) is 0.571. The van der Waals surface area contributed by atoms with Crippen molar-refractivity contribution in [1.82, 2.24) is 10.3 Å². The summed E-state index contributed by atoms with van der Waals surface area (Å²) in [6.45, 7) is 7.81. The van der Waals surface area contributed by atoms with Crippen LogP contribution in [0.15, 0.2) is 18.3 Å². The maximum atomic E-state index is 12.2. The maximum Gasteiger partial charge on any atom is 0.227 e. The molecule has 0 atom stereocenters. The van der Waals surface area contributed by atoms with Gasteiger partial charge in [0.15, 0.2) is 0 Å². The van der Waals surface area contributed by atoms with Crippen molar-refractivity contribution in [2.75, 3.05) is 7.11 Å². The second kappa shape index (κ2) is 5.57. The van der Waals surface area contributed by atoms with E-state index < -0.39 is 11.0 Å². The summed E-state index contributed by atoms with van der Waals surface area (Å²) in [6.07, 6.45) is 1.65. The average Bonchev–Trinajstić information content (AvgIpc) is 2.34. The molecule has 1 rings (SSSR count). The van der Waals surface area contributed by atoms with E-state index in [1.165, 1.54) is 0 Å². The highest BCUT2D eigenvalue weighted by Crippen LogP contribution is 2.28. The van der Waals surface area contributed by atoms with Crippen LogP contribution < -0.4 is 15.8 Å². The molecule has 0 unspecified atom stereocenters. The van der Waals surface area contributed by atoms with Crippen molar-refractivity contribution in [3.63, 3.8) is 0 Å². The minimum absolute atomic E-state index is 0.0734. The third-order valence-corrected chi connectivity index (χ3v) is 3.64. The Labute approximate surface area is 114 Å². The molecule has 5 nitrogen and oxygen atoms in total. The number of amides is 1. The molecular formula is C14H23N3O2. The van der Waals surface area contributed by atoms with Crippen LogP contribution in [0.25, 0.3) is 0 Å². The van der Waals surface area contributed by atoms with Gasteiger partial charge >= 0.3 is 0 Å². The minimum Gasteiger partial charge on any atom is -0.481 e. The van der Waals surface area contributed by atoms with Gasteiger partial charge in [0.05, 0.1) is 12.5 Å². The van der Waals surface area contributed by atoms with Crippen molar-refractivity contribution in [1.29, 1.82) is 0 Å². The van der Waals surface area contributed by atoms with E-state index in [2.05, 4.69) is 10.3 Å². The first-order valence-electron chi connectivity index (χ1n) is 6.24. The highest BCUT2D eigenvalue weighted by atomic mass is 16.5. The highest BCUT2D eigenvalue weighted by molar-refractivity contribution is 5.83. The first kappa shape index (κ1) is 15.4. The Hall–Kier alpha value is -1.62. The van der Waals surface area contributed by atoms with Crippen molar-refractivity contribution in [3.8, 4) is 5.88 Å². The zero-order valence-corrected chi connectivity index (χ0v) is 12.3. The van der Waals surface area contributed by atoms with Gasteiger partial charge < -0.3 is 15.8 Å². The molecular weight excluding hydrogens is 242 g/mol. The summed E-state index contributed by atoms with van der Waals surface area (Å²) >= 11 is 0. The van der Waals surface area contributed by atoms with Crippen LogP contribution in [0.5, 0.6) is 5.88 Å². The topological polar surface area (TPSA) is 77.2 Å². The fourth-order valence-corrected chi connectivity index (χ4v) is 1.37. The first-order valence-corrected chi connectivity index (χ1v) is 6.24. The molecule has 0 aromatic carbocycles. The van der Waals surface area contributed by atoms with Crippen LogP contribution in [0.4, 0.5) is 0 Å². The number of hydrogen-bond acceptors (Lipinski definition) is 4. The summed E-state index contributed by atoms with van der Waals surface area (Å²) in [4.78, 5) is 16.2. The molecule has 1 aromatic rings. The van der Waals surface area contributed by atoms with E-state index in [-0.39, 0.29) is 5.91 Å². The number of nitrogens with one attached hydrogen (secondary N) is 1. The Kier molecular flexibility index (Phi) is 4.52. The quantitative estimate of drug-likeness (QED) is 0.845. The largest absolute Gasteiger partial charge is 0.481 e. The molecule has 3 N–H and O–H groups in total. The zero-order chi connectivity index (χ0) is 14.7. The van der Waals surface area contributed by atoms with E-state index in [0.717, 1.165) is 5.56 Å². The third-order valence-electron chi connectivity index (χ3n) is 3.64. The number of nitrogens with two attached hydrogens (primary N) is 1. The van der Waals surface area contributed by atoms with Crippen molar-refractivity contribution >= 4 is 5.91 Å². The second-order valence-corrected chi connectivity index (χ2v) is 5.74. The molecule has 19 heavy (non-hydrogen) atoms. The number of rotatable bonds is 5. The van der Waals surface area contributed by atoms with Gasteiger partial charge in [-0.25, -0.2) is 4.98 Å². The molecule has 0 saturated carbocycles. The smallest absolute Gasteiger partial charge is 0.227 e. The van der Waals surface area contributed by atoms with E-state index in [4.69, 9.17) is 10.5 Å². The number of aromatic nitrogens is 1. The Balaban J connectivity index is 2.69. The van der Waals surface area contributed by atoms with Crippen LogP contribution in [0.2, 0.25) is 0 Å². The molecule has 106 valence electrons. The van der Waals surface area contributed by atoms with Crippen molar-refractivity contribution in [3.05, 3.63) is 23.9 Å². The molecule has 1 amide bonds. The Morgan fingerprint density at radius 3 is 2.58 bits per heavy atom. The summed E-state index contributed by atoms with van der Waals surface area (Å²) in [5, 5.41) is 2.89. The summed E-state index contributed by atoms with van der Waals surface area (Å²) in [7, 11) is 1.56. The van der Waals surface area contributed by atoms with Crippen LogP contribution >= 0.6 is 0 Å². The molecule has 0 radical (unpaired) electrons. The lowest BCUT2D eigenvalue weighted by Gasteiger charge is -2.36. The minimum atomic E-state index is -0.649. The molecule has 0 aliphatic rings. The zero-order valence-electron chi connectivity index (χ0n) is 12.3. The Morgan fingerprint density at radius 1 is 1.42 bits per heavy atom. The molecule has 0 bridgehead atoms. The highest BCUT2D eigenvalue weighted by Gasteiger charge is 2.40. The van der Waals surface area contributed by atoms with E-state index >= 15 is 0 Å². The van der Waals surface area contributed by atoms with Crippen LogP contribution in [0, 0.1) is 5.41 Å². The van der Waals surface area contributed by atoms with Gasteiger partial charge in [0.1, 0.15) is 0 Å². The van der Waals surface area contributed by atoms with Crippen molar-refractivity contribution < 1.29 is 9.53 Å². The van der Waals surface area contributed by atoms with E-state index in [1.54, 1.807) is 19.4 Å². The molecule has 0 saturated heterocycles. The van der Waals surface area contributed by atoms with Gasteiger partial charge in [-0.15, -0.1) is 0 Å². The standard InChI is InChI=1S/C14H23N3O2/c1-13(2,14(3,4)15)12(18)17-9-10-6-7-16-11(8-10)19-5/h6-8H,9,15H2,1-5H3,(H,17,18). The number of hydrogen-bond donors (Lipinski definition) is 2. The number of nitrogens with zero attached hydrogens (tertiary/aromatic N) is 1. The summed E-state index contributed by atoms with van der Waals surface area (Å²) in [5.74, 6) is 0.459. The van der Waals surface area contributed by atoms with E-state index in [0.29, 0.717) is 12.4 Å². The summed E-state index contributed by atoms with van der Waals surface area (Å²) in [5.41, 5.74) is 5.73. The molecule has 1 aromatic heterocycles. The third kappa shape index (κ3) is 3.67. The lowest BCUT2D eigenvalue weighted by Crippen LogP contribution is -2.55. The van der Waals surface area contributed by atoms with Gasteiger partial charge in [-0.3, -0.25) is 4.79 Å². The number of carbonyl (C=O) groups is 1. The fourth-order valence-electron chi connectivity index (χ4n) is 1.37. The normalized spacial score (nSPS) is 12.1. The van der Waals surface area contributed by atoms with Crippen LogP contribution in [-0.2, 0) is 11.3 Å². The van der Waals surface area contributed by atoms with Gasteiger partial charge in [-0.05, 0) is 39.3 Å². The summed E-state index contributed by atoms with van der Waals surface area (Å²) < 4.78 is 5.04. The van der Waals surface area contributed by atoms with Crippen LogP contribution in [0.3, 0.4) is 0 Å². The van der Waals surface area contributed by atoms with Crippen LogP contribution in [0.1, 0.15) is 33.3 Å². The van der Waals surface area contributed by atoms with Gasteiger partial charge in [-0.2, -0.15) is 0 Å². The van der Waals surface area contributed by atoms with E-state index in [1.807, 2.05) is 33.8 Å². The van der Waals surface area contributed by atoms with Gasteiger partial charge in [0, 0.05) is 24.3 Å². The molecule has 0 aliphatic heterocycles. The first-order chi connectivity index (χ1) is 8.68. The van der Waals surface area contributed by atoms with Crippen molar-refractivity contribution in [2.45, 2.75) is 39.8 Å². The summed E-state index contributed by atoms with van der Waals surface area (Å²) in [6, 6.07) is 3.63. The number of methoxy groups -OCH3 is 1. The predicted molar refractivity (Wildman–Crippen MR) is 74.7 cm³/mol. The molecule has 5 heteroatoms. The average molecular weight is 265 g/mol. The molecule has 0 fully saturated rings. The molecule has 0 aliphatic carbocycles. The lowest BCUT2D eigenvalue weighted by molar-refractivity contribution is -0.132. The van der Waals surface area contributed by atoms with Gasteiger partial charge in [-0.1, -0.05) is 0 Å². The number of pyridine rings is 1. The number of carbonyl (C=O) groups excluding carboxylic acids is 1. The Bertz CT molecular complexity index is 450. The second-order valence-electron chi connectivity index (χ2n) is 5.74. The SMILES string of the molecule is COc1cc(CNC(=O)C(C)(C)C(C)(C)N)ccn1. The molecule has 0 spiro atoms. The predicted octanol–water partition coefficient (Wildman–Crippen LogP) is 1.47. The van der Waals surface area contributed by atoms with Gasteiger partial charge in [0.2, 0.25) is 11.8 Å². The number of ether oxygens (including phenoxy) is 1. The monoisotopic (exact) mass is 265 g/mol. The molecule has 1 heterocycles. The van der Waals surface area contributed by atoms with Crippen LogP contribution in [-0.4, -0.2) is 23.5 Å². The van der Waals surface area contributed by atoms with Crippen molar-refractivity contribution in [2.24, 2.45) is 11.1 Å². The Morgan fingerprint density at radius 2 is 2.05 bits per heavy atom. The van der Waals surface area contributed by atoms with E-state index in [9.17, 15) is 4.79 Å². The lowest BCUT2D eigenvalue weighted by atomic mass is 9.74. The van der Waals surface area contributed by atoms with Gasteiger partial charge in [0.25, 0.3) is 0 Å². The maximum absolute atomic E-state index is 12.2.